The molecule has 0 amide bonds. The number of hydrogen-bond donors (Lipinski definition) is 3. The van der Waals surface area contributed by atoms with Crippen molar-refractivity contribution in [3.05, 3.63) is 276 Å². The highest BCUT2D eigenvalue weighted by Crippen LogP contribution is 2.52. The Morgan fingerprint density at radius 2 is 1.28 bits per heavy atom. The maximum Gasteiger partial charge on any atom is 0.136 e. The summed E-state index contributed by atoms with van der Waals surface area (Å²) in [5, 5.41) is 14.9. The fraction of sp³-hybridized carbons (Fsp3) is 0.171. The molecule has 1 saturated heterocycles. The maximum absolute atomic E-state index is 4.27. The minimum absolute atomic E-state index is 0.0314. The van der Waals surface area contributed by atoms with E-state index in [0.717, 1.165) is 24.9 Å². The summed E-state index contributed by atoms with van der Waals surface area (Å²) in [5.41, 5.74) is 22.1. The lowest BCUT2D eigenvalue weighted by Crippen LogP contribution is -2.65. The third-order valence-electron chi connectivity index (χ3n) is 17.5. The molecule has 3 N–H and O–H groups in total. The fourth-order valence-corrected chi connectivity index (χ4v) is 14.0. The minimum atomic E-state index is -0.0314. The molecule has 8 aromatic carbocycles. The molecule has 9 aromatic rings. The van der Waals surface area contributed by atoms with Crippen LogP contribution in [0.5, 0.6) is 0 Å². The molecule has 1 aromatic heterocycles. The molecule has 0 saturated carbocycles. The average Bonchev–Trinajstić information content (AvgIpc) is 4.12. The lowest BCUT2D eigenvalue weighted by molar-refractivity contribution is 0.0609. The third-order valence-corrected chi connectivity index (χ3v) is 17.5. The number of rotatable bonds is 8. The maximum atomic E-state index is 4.27. The zero-order chi connectivity index (χ0) is 49.6. The first-order valence-electron chi connectivity index (χ1n) is 27.2. The Morgan fingerprint density at radius 3 is 2.16 bits per heavy atom. The van der Waals surface area contributed by atoms with E-state index in [2.05, 4.69) is 269 Å². The second-order valence-electron chi connectivity index (χ2n) is 21.6. The van der Waals surface area contributed by atoms with Gasteiger partial charge in [-0.2, -0.15) is 0 Å². The molecule has 8 unspecified atom stereocenters. The number of allylic oxidation sites excluding steroid dienone is 6. The smallest absolute Gasteiger partial charge is 0.136 e. The zero-order valence-corrected chi connectivity index (χ0v) is 42.2. The topological polar surface area (TPSA) is 44.3 Å². The summed E-state index contributed by atoms with van der Waals surface area (Å²) in [4.78, 5) is 2.81. The van der Waals surface area contributed by atoms with Gasteiger partial charge in [0.05, 0.1) is 23.1 Å². The van der Waals surface area contributed by atoms with Gasteiger partial charge in [-0.05, 0) is 147 Å². The van der Waals surface area contributed by atoms with Gasteiger partial charge in [0, 0.05) is 51.8 Å². The Morgan fingerprint density at radius 1 is 0.560 bits per heavy atom. The van der Waals surface area contributed by atoms with Crippen LogP contribution in [0, 0.1) is 11.8 Å². The Bertz CT molecular complexity index is 3860. The SMILES string of the molecule is CC1C(c2ccc3c(c2)c2ccccc2n3-c2ccccc2)C=CC2C3=C(CCC=C3)N(C3NC4CC=CC=C4C(c4ccc(-c5cccc(-c6ccc7c(c6)-c6ccccc6C7Nc6ccccc6)c5)cc4)N3)C21. The van der Waals surface area contributed by atoms with Crippen molar-refractivity contribution in [3.63, 3.8) is 0 Å². The van der Waals surface area contributed by atoms with E-state index in [1.54, 1.807) is 0 Å². The predicted octanol–water partition coefficient (Wildman–Crippen LogP) is 16.0. The van der Waals surface area contributed by atoms with E-state index >= 15 is 0 Å². The summed E-state index contributed by atoms with van der Waals surface area (Å²) in [6, 6.07) is 72.6. The van der Waals surface area contributed by atoms with Gasteiger partial charge >= 0.3 is 0 Å². The molecule has 0 bridgehead atoms. The average molecular weight is 970 g/mol. The van der Waals surface area contributed by atoms with Gasteiger partial charge in [0.1, 0.15) is 6.29 Å². The van der Waals surface area contributed by atoms with Gasteiger partial charge in [-0.1, -0.05) is 189 Å². The van der Waals surface area contributed by atoms with Crippen molar-refractivity contribution >= 4 is 27.5 Å². The van der Waals surface area contributed by atoms with E-state index in [-0.39, 0.29) is 30.3 Å². The lowest BCUT2D eigenvalue weighted by atomic mass is 9.71. The number of benzene rings is 8. The van der Waals surface area contributed by atoms with Crippen molar-refractivity contribution in [3.8, 4) is 39.1 Å². The molecule has 4 aliphatic carbocycles. The van der Waals surface area contributed by atoms with E-state index in [1.165, 1.54) is 100.0 Å². The Labute approximate surface area is 440 Å². The zero-order valence-electron chi connectivity index (χ0n) is 42.2. The predicted molar refractivity (Wildman–Crippen MR) is 309 cm³/mol. The fourth-order valence-electron chi connectivity index (χ4n) is 14.0. The Kier molecular flexibility index (Phi) is 10.6. The van der Waals surface area contributed by atoms with Gasteiger partial charge < -0.3 is 14.8 Å². The largest absolute Gasteiger partial charge is 0.374 e. The Hall–Kier alpha value is -8.22. The Balaban J connectivity index is 0.725. The highest BCUT2D eigenvalue weighted by atomic mass is 15.4. The van der Waals surface area contributed by atoms with Crippen LogP contribution in [0.15, 0.2) is 253 Å². The van der Waals surface area contributed by atoms with Gasteiger partial charge in [0.25, 0.3) is 0 Å². The van der Waals surface area contributed by atoms with Crippen LogP contribution in [0.2, 0.25) is 0 Å². The number of anilines is 1. The second-order valence-corrected chi connectivity index (χ2v) is 21.6. The van der Waals surface area contributed by atoms with Crippen LogP contribution in [0.3, 0.4) is 0 Å². The highest BCUT2D eigenvalue weighted by Gasteiger charge is 2.50. The van der Waals surface area contributed by atoms with Crippen LogP contribution in [0.25, 0.3) is 60.9 Å². The molecule has 75 heavy (non-hydrogen) atoms. The summed E-state index contributed by atoms with van der Waals surface area (Å²) in [6.07, 6.45) is 20.0. The summed E-state index contributed by atoms with van der Waals surface area (Å²) < 4.78 is 2.42. The van der Waals surface area contributed by atoms with Gasteiger partial charge in [0.15, 0.2) is 0 Å². The van der Waals surface area contributed by atoms with Crippen molar-refractivity contribution in [2.24, 2.45) is 11.8 Å². The van der Waals surface area contributed by atoms with E-state index < -0.39 is 0 Å². The number of fused-ring (bicyclic) bond motifs is 9. The molecule has 5 heteroatoms. The van der Waals surface area contributed by atoms with Crippen LogP contribution in [-0.2, 0) is 0 Å². The normalized spacial score (nSPS) is 24.2. The van der Waals surface area contributed by atoms with Crippen LogP contribution >= 0.6 is 0 Å². The number of nitrogens with zero attached hydrogens (tertiary/aromatic N) is 2. The molecule has 6 aliphatic rings. The molecule has 15 rings (SSSR count). The number of para-hydroxylation sites is 3. The molecule has 1 fully saturated rings. The minimum Gasteiger partial charge on any atom is -0.374 e. The molecule has 0 spiro atoms. The van der Waals surface area contributed by atoms with E-state index in [9.17, 15) is 0 Å². The summed E-state index contributed by atoms with van der Waals surface area (Å²) in [7, 11) is 0. The quantitative estimate of drug-likeness (QED) is 0.133. The second kappa shape index (κ2) is 18.0. The highest BCUT2D eigenvalue weighted by molar-refractivity contribution is 6.09. The molecule has 3 heterocycles. The summed E-state index contributed by atoms with van der Waals surface area (Å²) in [6.45, 7) is 2.52. The molecule has 2 aliphatic heterocycles. The van der Waals surface area contributed by atoms with Gasteiger partial charge in [-0.3, -0.25) is 10.6 Å². The standard InChI is InChI=1S/C70H59N5/c1-44-53(50-36-40-66-62(43-50)56-25-12-14-29-64(56)74(66)52-21-6-3-7-22-52)38-39-59-55-24-11-15-30-65(55)75(69(44)59)70-72-63-28-13-10-27-60(63)67(73-70)46-33-31-45(32-34-46)47-17-16-18-48(41-47)49-35-37-58-61(42-49)54-23-8-9-26-57(54)68(58)71-51-19-4-2-5-20-51/h2-14,16-27,29,31-44,53,59,63,67-73H,15,28,30H2,1H3. The van der Waals surface area contributed by atoms with E-state index in [1.807, 2.05) is 0 Å². The number of aromatic nitrogens is 1. The number of nitrogens with one attached hydrogen (secondary N) is 3. The molecular formula is C70H59N5. The van der Waals surface area contributed by atoms with Gasteiger partial charge in [-0.15, -0.1) is 0 Å². The van der Waals surface area contributed by atoms with Crippen LogP contribution in [0.4, 0.5) is 5.69 Å². The first-order chi connectivity index (χ1) is 37.1. The van der Waals surface area contributed by atoms with Crippen molar-refractivity contribution in [1.29, 1.82) is 0 Å². The monoisotopic (exact) mass is 969 g/mol. The third kappa shape index (κ3) is 7.35. The first kappa shape index (κ1) is 44.3. The molecule has 0 radical (unpaired) electrons. The van der Waals surface area contributed by atoms with Crippen molar-refractivity contribution < 1.29 is 0 Å². The van der Waals surface area contributed by atoms with E-state index in [4.69, 9.17) is 0 Å². The van der Waals surface area contributed by atoms with Gasteiger partial charge in [0.2, 0.25) is 0 Å². The first-order valence-corrected chi connectivity index (χ1v) is 27.2. The summed E-state index contributed by atoms with van der Waals surface area (Å²) in [5.74, 6) is 0.975. The molecule has 8 atom stereocenters. The molecular weight excluding hydrogens is 911 g/mol. The van der Waals surface area contributed by atoms with Crippen LogP contribution in [-0.4, -0.2) is 27.8 Å². The molecule has 5 nitrogen and oxygen atoms in total. The van der Waals surface area contributed by atoms with Crippen molar-refractivity contribution in [1.82, 2.24) is 20.1 Å². The van der Waals surface area contributed by atoms with Crippen LogP contribution < -0.4 is 16.0 Å². The van der Waals surface area contributed by atoms with Crippen LogP contribution in [0.1, 0.15) is 66.4 Å². The van der Waals surface area contributed by atoms with Gasteiger partial charge in [-0.25, -0.2) is 0 Å². The lowest BCUT2D eigenvalue weighted by Gasteiger charge is -2.50. The van der Waals surface area contributed by atoms with E-state index in [0.29, 0.717) is 17.9 Å². The van der Waals surface area contributed by atoms with Crippen molar-refractivity contribution in [2.45, 2.75) is 62.6 Å². The number of hydrogen-bond acceptors (Lipinski definition) is 4. The van der Waals surface area contributed by atoms with Crippen molar-refractivity contribution in [2.75, 3.05) is 5.32 Å². The molecule has 364 valence electrons. The summed E-state index contributed by atoms with van der Waals surface area (Å²) >= 11 is 0.